The van der Waals surface area contributed by atoms with E-state index in [0.29, 0.717) is 5.69 Å². The summed E-state index contributed by atoms with van der Waals surface area (Å²) >= 11 is 0. The van der Waals surface area contributed by atoms with Crippen LogP contribution in [-0.4, -0.2) is 16.0 Å². The Morgan fingerprint density at radius 3 is 2.71 bits per heavy atom. The molecule has 0 saturated carbocycles. The van der Waals surface area contributed by atoms with E-state index in [1.54, 1.807) is 24.5 Å². The standard InChI is InChI=1S/C9H7N3O2/c13-9(8-3-6-14-12-8)11-7-1-4-10-5-2-7/h1-6H,(H,10,11,13). The van der Waals surface area contributed by atoms with E-state index in [-0.39, 0.29) is 11.6 Å². The number of amides is 1. The van der Waals surface area contributed by atoms with E-state index < -0.39 is 0 Å². The van der Waals surface area contributed by atoms with E-state index >= 15 is 0 Å². The van der Waals surface area contributed by atoms with Gasteiger partial charge in [0.15, 0.2) is 5.69 Å². The van der Waals surface area contributed by atoms with Gasteiger partial charge in [-0.05, 0) is 12.1 Å². The van der Waals surface area contributed by atoms with Crippen molar-refractivity contribution in [1.82, 2.24) is 10.1 Å². The van der Waals surface area contributed by atoms with Gasteiger partial charge in [-0.15, -0.1) is 0 Å². The summed E-state index contributed by atoms with van der Waals surface area (Å²) in [7, 11) is 0. The van der Waals surface area contributed by atoms with Crippen LogP contribution in [-0.2, 0) is 0 Å². The fourth-order valence-corrected chi connectivity index (χ4v) is 0.960. The molecule has 1 amide bonds. The molecule has 70 valence electrons. The first-order valence-electron chi connectivity index (χ1n) is 3.98. The molecule has 14 heavy (non-hydrogen) atoms. The summed E-state index contributed by atoms with van der Waals surface area (Å²) in [6, 6.07) is 4.88. The maximum atomic E-state index is 11.4. The van der Waals surface area contributed by atoms with E-state index in [1.165, 1.54) is 12.3 Å². The van der Waals surface area contributed by atoms with Crippen LogP contribution in [0.15, 0.2) is 41.4 Å². The first-order valence-corrected chi connectivity index (χ1v) is 3.98. The van der Waals surface area contributed by atoms with Crippen LogP contribution >= 0.6 is 0 Å². The molecule has 5 heteroatoms. The van der Waals surface area contributed by atoms with E-state index in [0.717, 1.165) is 0 Å². The van der Waals surface area contributed by atoms with E-state index in [9.17, 15) is 4.79 Å². The largest absolute Gasteiger partial charge is 0.364 e. The highest BCUT2D eigenvalue weighted by molar-refractivity contribution is 6.02. The van der Waals surface area contributed by atoms with Crippen LogP contribution in [0, 0.1) is 0 Å². The molecule has 2 aromatic heterocycles. The summed E-state index contributed by atoms with van der Waals surface area (Å²) in [6.07, 6.45) is 4.54. The van der Waals surface area contributed by atoms with Crippen molar-refractivity contribution in [3.8, 4) is 0 Å². The highest BCUT2D eigenvalue weighted by atomic mass is 16.5. The summed E-state index contributed by atoms with van der Waals surface area (Å²) in [5.41, 5.74) is 0.926. The van der Waals surface area contributed by atoms with Crippen LogP contribution in [0.5, 0.6) is 0 Å². The fraction of sp³-hybridized carbons (Fsp3) is 0. The third-order valence-electron chi connectivity index (χ3n) is 1.61. The van der Waals surface area contributed by atoms with Gasteiger partial charge in [-0.3, -0.25) is 9.78 Å². The number of carbonyl (C=O) groups excluding carboxylic acids is 1. The van der Waals surface area contributed by atoms with Gasteiger partial charge in [-0.2, -0.15) is 0 Å². The molecular formula is C9H7N3O2. The molecule has 0 bridgehead atoms. The van der Waals surface area contributed by atoms with Crippen LogP contribution in [0.4, 0.5) is 5.69 Å². The topological polar surface area (TPSA) is 68.0 Å². The summed E-state index contributed by atoms with van der Waals surface area (Å²) in [5, 5.41) is 6.15. The zero-order valence-electron chi connectivity index (χ0n) is 7.18. The number of rotatable bonds is 2. The minimum Gasteiger partial charge on any atom is -0.364 e. The number of hydrogen-bond acceptors (Lipinski definition) is 4. The van der Waals surface area contributed by atoms with Crippen molar-refractivity contribution in [2.24, 2.45) is 0 Å². The van der Waals surface area contributed by atoms with Gasteiger partial charge in [0.25, 0.3) is 5.91 Å². The molecule has 0 aliphatic carbocycles. The quantitative estimate of drug-likeness (QED) is 0.773. The maximum absolute atomic E-state index is 11.4. The van der Waals surface area contributed by atoms with E-state index in [1.807, 2.05) is 0 Å². The van der Waals surface area contributed by atoms with Crippen LogP contribution in [0.3, 0.4) is 0 Å². The Morgan fingerprint density at radius 2 is 2.07 bits per heavy atom. The number of nitrogens with one attached hydrogen (secondary N) is 1. The van der Waals surface area contributed by atoms with Crippen LogP contribution < -0.4 is 5.32 Å². The summed E-state index contributed by atoms with van der Waals surface area (Å²) in [5.74, 6) is -0.301. The van der Waals surface area contributed by atoms with Crippen LogP contribution in [0.2, 0.25) is 0 Å². The molecule has 2 rings (SSSR count). The zero-order chi connectivity index (χ0) is 9.80. The van der Waals surface area contributed by atoms with Crippen molar-refractivity contribution in [1.29, 1.82) is 0 Å². The second-order valence-corrected chi connectivity index (χ2v) is 2.57. The lowest BCUT2D eigenvalue weighted by molar-refractivity contribution is 0.101. The Morgan fingerprint density at radius 1 is 1.29 bits per heavy atom. The lowest BCUT2D eigenvalue weighted by atomic mass is 10.3. The number of carbonyl (C=O) groups is 1. The first kappa shape index (κ1) is 8.43. The molecule has 0 saturated heterocycles. The van der Waals surface area contributed by atoms with Crippen molar-refractivity contribution in [3.05, 3.63) is 42.5 Å². The van der Waals surface area contributed by atoms with Gasteiger partial charge in [0.1, 0.15) is 6.26 Å². The van der Waals surface area contributed by atoms with Gasteiger partial charge >= 0.3 is 0 Å². The lowest BCUT2D eigenvalue weighted by Crippen LogP contribution is -2.11. The number of pyridine rings is 1. The molecule has 2 heterocycles. The lowest BCUT2D eigenvalue weighted by Gasteiger charge is -2.00. The molecule has 0 radical (unpaired) electrons. The Labute approximate surface area is 79.7 Å². The second-order valence-electron chi connectivity index (χ2n) is 2.57. The van der Waals surface area contributed by atoms with Crippen molar-refractivity contribution in [2.45, 2.75) is 0 Å². The Balaban J connectivity index is 2.10. The van der Waals surface area contributed by atoms with Crippen molar-refractivity contribution in [3.63, 3.8) is 0 Å². The third kappa shape index (κ3) is 1.77. The number of hydrogen-bond donors (Lipinski definition) is 1. The highest BCUT2D eigenvalue weighted by Gasteiger charge is 2.08. The second kappa shape index (κ2) is 3.69. The van der Waals surface area contributed by atoms with E-state index in [4.69, 9.17) is 0 Å². The summed E-state index contributed by atoms with van der Waals surface area (Å²) < 4.78 is 4.55. The van der Waals surface area contributed by atoms with Gasteiger partial charge in [-0.1, -0.05) is 5.16 Å². The van der Waals surface area contributed by atoms with Crippen LogP contribution in [0.25, 0.3) is 0 Å². The van der Waals surface area contributed by atoms with Gasteiger partial charge < -0.3 is 9.84 Å². The molecule has 1 N–H and O–H groups in total. The molecule has 0 aliphatic rings. The number of aromatic nitrogens is 2. The Bertz CT molecular complexity index is 411. The smallest absolute Gasteiger partial charge is 0.277 e. The van der Waals surface area contributed by atoms with Gasteiger partial charge in [0.2, 0.25) is 0 Å². The van der Waals surface area contributed by atoms with Gasteiger partial charge in [0.05, 0.1) is 0 Å². The summed E-state index contributed by atoms with van der Waals surface area (Å²) in [6.45, 7) is 0. The van der Waals surface area contributed by atoms with Crippen molar-refractivity contribution >= 4 is 11.6 Å². The minimum atomic E-state index is -0.301. The number of nitrogens with zero attached hydrogens (tertiary/aromatic N) is 2. The average molecular weight is 189 g/mol. The normalized spacial score (nSPS) is 9.71. The fourth-order valence-electron chi connectivity index (χ4n) is 0.960. The van der Waals surface area contributed by atoms with Gasteiger partial charge in [0, 0.05) is 24.1 Å². The summed E-state index contributed by atoms with van der Waals surface area (Å²) in [4.78, 5) is 15.3. The predicted octanol–water partition coefficient (Wildman–Crippen LogP) is 1.32. The van der Waals surface area contributed by atoms with Crippen LogP contribution in [0.1, 0.15) is 10.5 Å². The first-order chi connectivity index (χ1) is 6.86. The average Bonchev–Trinajstić information content (AvgIpc) is 2.72. The molecule has 0 aliphatic heterocycles. The maximum Gasteiger partial charge on any atom is 0.277 e. The molecule has 0 atom stereocenters. The minimum absolute atomic E-state index is 0.252. The molecule has 2 aromatic rings. The highest BCUT2D eigenvalue weighted by Crippen LogP contribution is 2.05. The molecular weight excluding hydrogens is 182 g/mol. The van der Waals surface area contributed by atoms with Crippen molar-refractivity contribution < 1.29 is 9.32 Å². The predicted molar refractivity (Wildman–Crippen MR) is 48.7 cm³/mol. The number of anilines is 1. The third-order valence-corrected chi connectivity index (χ3v) is 1.61. The molecule has 5 nitrogen and oxygen atoms in total. The molecule has 0 fully saturated rings. The molecule has 0 spiro atoms. The SMILES string of the molecule is O=C(Nc1ccncc1)c1ccon1. The molecule has 0 aromatic carbocycles. The Hall–Kier alpha value is -2.17. The molecule has 0 unspecified atom stereocenters. The monoisotopic (exact) mass is 189 g/mol. The van der Waals surface area contributed by atoms with Gasteiger partial charge in [-0.25, -0.2) is 0 Å². The Kier molecular flexibility index (Phi) is 2.22. The van der Waals surface area contributed by atoms with Crippen molar-refractivity contribution in [2.75, 3.05) is 5.32 Å². The van der Waals surface area contributed by atoms with E-state index in [2.05, 4.69) is 20.0 Å². The zero-order valence-corrected chi connectivity index (χ0v) is 7.18.